The van der Waals surface area contributed by atoms with Gasteiger partial charge in [-0.2, -0.15) is 11.3 Å². The summed E-state index contributed by atoms with van der Waals surface area (Å²) in [7, 11) is 0. The lowest BCUT2D eigenvalue weighted by atomic mass is 10.0. The minimum Gasteiger partial charge on any atom is -0.463 e. The van der Waals surface area contributed by atoms with Gasteiger partial charge < -0.3 is 4.74 Å². The molecule has 0 saturated carbocycles. The fourth-order valence-electron chi connectivity index (χ4n) is 3.02. The average Bonchev–Trinajstić information content (AvgIpc) is 3.38. The van der Waals surface area contributed by atoms with Crippen LogP contribution in [0.4, 0.5) is 0 Å². The number of aromatic nitrogens is 1. The van der Waals surface area contributed by atoms with Gasteiger partial charge in [0.2, 0.25) is 0 Å². The number of hydrogen-bond donors (Lipinski definition) is 0. The summed E-state index contributed by atoms with van der Waals surface area (Å²) in [6, 6.07) is 5.31. The van der Waals surface area contributed by atoms with Crippen LogP contribution < -0.4 is 14.9 Å². The van der Waals surface area contributed by atoms with Gasteiger partial charge in [0.25, 0.3) is 5.56 Å². The number of fused-ring (bicyclic) bond motifs is 1. The van der Waals surface area contributed by atoms with Crippen molar-refractivity contribution in [3.8, 4) is 0 Å². The lowest BCUT2D eigenvalue weighted by Crippen LogP contribution is -2.39. The molecule has 3 aromatic rings. The summed E-state index contributed by atoms with van der Waals surface area (Å²) in [5.41, 5.74) is 1.86. The molecule has 4 rings (SSSR count). The second kappa shape index (κ2) is 7.38. The van der Waals surface area contributed by atoms with E-state index >= 15 is 0 Å². The molecule has 4 heterocycles. The minimum atomic E-state index is -0.509. The van der Waals surface area contributed by atoms with Crippen LogP contribution in [0.15, 0.2) is 55.4 Å². The molecule has 0 spiro atoms. The zero-order valence-electron chi connectivity index (χ0n) is 14.7. The van der Waals surface area contributed by atoms with Crippen LogP contribution in [-0.4, -0.2) is 17.1 Å². The third-order valence-electron chi connectivity index (χ3n) is 4.17. The van der Waals surface area contributed by atoms with E-state index in [4.69, 9.17) is 4.74 Å². The Morgan fingerprint density at radius 3 is 2.89 bits per heavy atom. The van der Waals surface area contributed by atoms with Gasteiger partial charge in [-0.15, -0.1) is 11.3 Å². The summed E-state index contributed by atoms with van der Waals surface area (Å²) in [5.74, 6) is -0.427. The number of carbonyl (C=O) groups is 1. The second-order valence-electron chi connectivity index (χ2n) is 5.87. The van der Waals surface area contributed by atoms with E-state index in [1.165, 1.54) is 22.7 Å². The third-order valence-corrected chi connectivity index (χ3v) is 6.78. The molecular formula is C19H16N2O3S3. The molecule has 8 heteroatoms. The summed E-state index contributed by atoms with van der Waals surface area (Å²) in [6.45, 7) is 3.84. The smallest absolute Gasteiger partial charge is 0.338 e. The molecule has 0 radical (unpaired) electrons. The fraction of sp³-hybridized carbons (Fsp3) is 0.211. The number of rotatable bonds is 4. The van der Waals surface area contributed by atoms with Crippen molar-refractivity contribution in [3.63, 3.8) is 0 Å². The number of hydrogen-bond acceptors (Lipinski definition) is 7. The minimum absolute atomic E-state index is 0.141. The first kappa shape index (κ1) is 18.1. The average molecular weight is 417 g/mol. The van der Waals surface area contributed by atoms with E-state index in [9.17, 15) is 9.59 Å². The Balaban J connectivity index is 1.96. The Morgan fingerprint density at radius 2 is 2.22 bits per heavy atom. The summed E-state index contributed by atoms with van der Waals surface area (Å²) in [4.78, 5) is 31.9. The van der Waals surface area contributed by atoms with Crippen molar-refractivity contribution >= 4 is 46.1 Å². The van der Waals surface area contributed by atoms with Gasteiger partial charge in [0.05, 0.1) is 22.4 Å². The lowest BCUT2D eigenvalue weighted by molar-refractivity contribution is -0.139. The maximum Gasteiger partial charge on any atom is 0.338 e. The number of thiophene rings is 2. The van der Waals surface area contributed by atoms with Crippen molar-refractivity contribution < 1.29 is 9.53 Å². The molecule has 0 fully saturated rings. The molecule has 0 aromatic carbocycles. The Kier molecular flexibility index (Phi) is 4.94. The van der Waals surface area contributed by atoms with Gasteiger partial charge in [-0.1, -0.05) is 17.4 Å². The first-order valence-corrected chi connectivity index (χ1v) is 11.0. The highest BCUT2D eigenvalue weighted by atomic mass is 32.1. The molecule has 0 aliphatic carbocycles. The van der Waals surface area contributed by atoms with Gasteiger partial charge in [-0.05, 0) is 53.8 Å². The van der Waals surface area contributed by atoms with Crippen molar-refractivity contribution in [1.29, 1.82) is 0 Å². The molecule has 0 unspecified atom stereocenters. The SMILES string of the molecule is CCOC(=O)C1=C(C)N=c2sc(=Cc3ccsc3)c(=O)n2[C@H]1c1cccs1. The molecule has 0 saturated heterocycles. The van der Waals surface area contributed by atoms with Crippen molar-refractivity contribution in [2.24, 2.45) is 4.99 Å². The number of carbonyl (C=O) groups excluding carboxylic acids is 1. The number of nitrogens with zero attached hydrogens (tertiary/aromatic N) is 2. The Labute approximate surface area is 167 Å². The molecule has 1 atom stereocenters. The summed E-state index contributed by atoms with van der Waals surface area (Å²) in [6.07, 6.45) is 1.87. The molecule has 0 amide bonds. The molecule has 0 bridgehead atoms. The molecule has 1 aliphatic heterocycles. The molecule has 5 nitrogen and oxygen atoms in total. The van der Waals surface area contributed by atoms with Crippen molar-refractivity contribution in [3.05, 3.63) is 75.7 Å². The summed E-state index contributed by atoms with van der Waals surface area (Å²) >= 11 is 4.44. The van der Waals surface area contributed by atoms with Crippen LogP contribution in [-0.2, 0) is 9.53 Å². The van der Waals surface area contributed by atoms with E-state index in [2.05, 4.69) is 4.99 Å². The lowest BCUT2D eigenvalue weighted by Gasteiger charge is -2.23. The quantitative estimate of drug-likeness (QED) is 0.615. The molecule has 0 N–H and O–H groups in total. The van der Waals surface area contributed by atoms with Crippen LogP contribution in [0.1, 0.15) is 30.3 Å². The fourth-order valence-corrected chi connectivity index (χ4v) is 5.50. The van der Waals surface area contributed by atoms with E-state index in [0.29, 0.717) is 20.6 Å². The highest BCUT2D eigenvalue weighted by molar-refractivity contribution is 7.10. The van der Waals surface area contributed by atoms with E-state index in [1.54, 1.807) is 29.8 Å². The predicted molar refractivity (Wildman–Crippen MR) is 109 cm³/mol. The highest BCUT2D eigenvalue weighted by Crippen LogP contribution is 2.33. The van der Waals surface area contributed by atoms with E-state index in [1.807, 2.05) is 40.4 Å². The van der Waals surface area contributed by atoms with E-state index in [-0.39, 0.29) is 12.2 Å². The largest absolute Gasteiger partial charge is 0.463 e. The monoisotopic (exact) mass is 416 g/mol. The van der Waals surface area contributed by atoms with Crippen molar-refractivity contribution in [2.45, 2.75) is 19.9 Å². The normalized spacial score (nSPS) is 17.0. The van der Waals surface area contributed by atoms with Gasteiger partial charge >= 0.3 is 5.97 Å². The van der Waals surface area contributed by atoms with Crippen LogP contribution in [0, 0.1) is 0 Å². The van der Waals surface area contributed by atoms with Crippen LogP contribution in [0.3, 0.4) is 0 Å². The second-order valence-corrected chi connectivity index (χ2v) is 8.64. The zero-order chi connectivity index (χ0) is 19.0. The Hall–Kier alpha value is -2.29. The maximum absolute atomic E-state index is 13.2. The Morgan fingerprint density at radius 1 is 1.37 bits per heavy atom. The Bertz CT molecular complexity index is 1180. The van der Waals surface area contributed by atoms with Gasteiger partial charge in [0.1, 0.15) is 6.04 Å². The predicted octanol–water partition coefficient (Wildman–Crippen LogP) is 2.92. The first-order chi connectivity index (χ1) is 13.1. The number of ether oxygens (including phenoxy) is 1. The van der Waals surface area contributed by atoms with Crippen molar-refractivity contribution in [1.82, 2.24) is 4.57 Å². The molecule has 27 heavy (non-hydrogen) atoms. The number of thiazole rings is 1. The highest BCUT2D eigenvalue weighted by Gasteiger charge is 2.33. The van der Waals surface area contributed by atoms with Crippen molar-refractivity contribution in [2.75, 3.05) is 6.61 Å². The van der Waals surface area contributed by atoms with Gasteiger partial charge in [-0.25, -0.2) is 9.79 Å². The number of allylic oxidation sites excluding steroid dienone is 1. The molecule has 138 valence electrons. The summed E-state index contributed by atoms with van der Waals surface area (Å²) < 4.78 is 7.48. The number of esters is 1. The van der Waals surface area contributed by atoms with Crippen LogP contribution in [0.5, 0.6) is 0 Å². The molecular weight excluding hydrogens is 400 g/mol. The first-order valence-electron chi connectivity index (χ1n) is 8.35. The topological polar surface area (TPSA) is 60.7 Å². The molecule has 3 aromatic heterocycles. The zero-order valence-corrected chi connectivity index (χ0v) is 17.1. The molecule has 1 aliphatic rings. The van der Waals surface area contributed by atoms with Gasteiger partial charge in [0.15, 0.2) is 4.80 Å². The van der Waals surface area contributed by atoms with E-state index < -0.39 is 12.0 Å². The van der Waals surface area contributed by atoms with Crippen LogP contribution in [0.25, 0.3) is 6.08 Å². The standard InChI is InChI=1S/C19H16N2O3S3/c1-3-24-18(23)15-11(2)20-19-21(16(15)13-5-4-7-26-13)17(22)14(27-19)9-12-6-8-25-10-12/h4-10,16H,3H2,1-2H3/t16-/m0/s1. The summed E-state index contributed by atoms with van der Waals surface area (Å²) in [5, 5.41) is 5.90. The van der Waals surface area contributed by atoms with E-state index in [0.717, 1.165) is 10.4 Å². The van der Waals surface area contributed by atoms with Crippen LogP contribution in [0.2, 0.25) is 0 Å². The van der Waals surface area contributed by atoms with Gasteiger partial charge in [-0.3, -0.25) is 9.36 Å². The van der Waals surface area contributed by atoms with Gasteiger partial charge in [0, 0.05) is 4.88 Å². The maximum atomic E-state index is 13.2. The van der Waals surface area contributed by atoms with Crippen LogP contribution >= 0.6 is 34.0 Å². The third kappa shape index (κ3) is 3.24.